The lowest BCUT2D eigenvalue weighted by Crippen LogP contribution is -2.31. The fourth-order valence-electron chi connectivity index (χ4n) is 3.95. The summed E-state index contributed by atoms with van der Waals surface area (Å²) in [6, 6.07) is 11.7. The molecular formula is C22H25N5O4S. The van der Waals surface area contributed by atoms with Crippen LogP contribution in [0, 0.1) is 5.92 Å². The minimum Gasteiger partial charge on any atom is -0.324 e. The maximum Gasteiger partial charge on any atom is 0.243 e. The predicted molar refractivity (Wildman–Crippen MR) is 122 cm³/mol. The van der Waals surface area contributed by atoms with Crippen LogP contribution < -0.4 is 10.2 Å². The van der Waals surface area contributed by atoms with Crippen molar-refractivity contribution in [2.24, 2.45) is 5.92 Å². The number of carbonyl (C=O) groups is 2. The third-order valence-electron chi connectivity index (χ3n) is 5.72. The highest BCUT2D eigenvalue weighted by Gasteiger charge is 2.35. The molecule has 1 aliphatic heterocycles. The third-order valence-corrected chi connectivity index (χ3v) is 7.79. The monoisotopic (exact) mass is 455 g/mol. The molecule has 168 valence electrons. The Labute approximate surface area is 186 Å². The normalized spacial score (nSPS) is 16.8. The minimum absolute atomic E-state index is 0.0876. The van der Waals surface area contributed by atoms with Gasteiger partial charge in [0, 0.05) is 37.1 Å². The second-order valence-corrected chi connectivity index (χ2v) is 9.56. The maximum absolute atomic E-state index is 12.8. The Morgan fingerprint density at radius 1 is 1.19 bits per heavy atom. The maximum atomic E-state index is 12.8. The number of H-pyrrole nitrogens is 1. The summed E-state index contributed by atoms with van der Waals surface area (Å²) < 4.78 is 26.7. The van der Waals surface area contributed by atoms with Crippen LogP contribution in [0.4, 0.5) is 11.4 Å². The molecular weight excluding hydrogens is 430 g/mol. The first kappa shape index (κ1) is 22.0. The number of hydrogen-bond acceptors (Lipinski definition) is 5. The molecule has 32 heavy (non-hydrogen) atoms. The molecule has 2 N–H and O–H groups in total. The number of rotatable bonds is 7. The van der Waals surface area contributed by atoms with Crippen LogP contribution in [-0.2, 0) is 19.6 Å². The van der Waals surface area contributed by atoms with E-state index in [0.717, 1.165) is 10.9 Å². The lowest BCUT2D eigenvalue weighted by molar-refractivity contribution is -0.122. The number of fused-ring (bicyclic) bond motifs is 1. The van der Waals surface area contributed by atoms with Crippen LogP contribution in [0.2, 0.25) is 0 Å². The number of sulfonamides is 1. The Kier molecular flexibility index (Phi) is 5.98. The summed E-state index contributed by atoms with van der Waals surface area (Å²) >= 11 is 0. The van der Waals surface area contributed by atoms with Crippen molar-refractivity contribution in [1.82, 2.24) is 14.5 Å². The van der Waals surface area contributed by atoms with Crippen molar-refractivity contribution < 1.29 is 18.0 Å². The summed E-state index contributed by atoms with van der Waals surface area (Å²) in [5, 5.41) is 10.6. The summed E-state index contributed by atoms with van der Waals surface area (Å²) in [5.41, 5.74) is 1.91. The van der Waals surface area contributed by atoms with Gasteiger partial charge in [-0.3, -0.25) is 14.7 Å². The molecule has 1 aromatic heterocycles. The van der Waals surface area contributed by atoms with Gasteiger partial charge in [0.1, 0.15) is 0 Å². The Balaban J connectivity index is 1.48. The second kappa shape index (κ2) is 8.71. The number of amides is 2. The molecule has 3 aromatic rings. The van der Waals surface area contributed by atoms with Gasteiger partial charge in [0.2, 0.25) is 21.8 Å². The van der Waals surface area contributed by atoms with E-state index in [-0.39, 0.29) is 29.7 Å². The quantitative estimate of drug-likeness (QED) is 0.568. The van der Waals surface area contributed by atoms with E-state index in [0.29, 0.717) is 24.5 Å². The van der Waals surface area contributed by atoms with E-state index >= 15 is 0 Å². The van der Waals surface area contributed by atoms with Gasteiger partial charge in [-0.2, -0.15) is 9.40 Å². The molecule has 0 saturated carbocycles. The van der Waals surface area contributed by atoms with Crippen molar-refractivity contribution in [2.45, 2.75) is 25.2 Å². The van der Waals surface area contributed by atoms with Crippen LogP contribution in [0.15, 0.2) is 53.6 Å². The molecule has 1 atom stereocenters. The van der Waals surface area contributed by atoms with E-state index in [1.54, 1.807) is 38.2 Å². The molecule has 1 unspecified atom stereocenters. The predicted octanol–water partition coefficient (Wildman–Crippen LogP) is 2.58. The zero-order chi connectivity index (χ0) is 22.9. The van der Waals surface area contributed by atoms with E-state index in [4.69, 9.17) is 0 Å². The van der Waals surface area contributed by atoms with E-state index in [9.17, 15) is 18.0 Å². The Morgan fingerprint density at radius 2 is 1.91 bits per heavy atom. The fourth-order valence-corrected chi connectivity index (χ4v) is 5.41. The van der Waals surface area contributed by atoms with E-state index in [2.05, 4.69) is 15.5 Å². The van der Waals surface area contributed by atoms with Crippen LogP contribution in [0.25, 0.3) is 10.9 Å². The molecule has 2 heterocycles. The summed E-state index contributed by atoms with van der Waals surface area (Å²) in [6.45, 7) is 4.57. The number of aromatic nitrogens is 2. The largest absolute Gasteiger partial charge is 0.324 e. The summed E-state index contributed by atoms with van der Waals surface area (Å²) in [6.07, 6.45) is 1.76. The summed E-state index contributed by atoms with van der Waals surface area (Å²) in [4.78, 5) is 27.1. The van der Waals surface area contributed by atoms with Crippen molar-refractivity contribution in [3.05, 3.63) is 48.7 Å². The lowest BCUT2D eigenvalue weighted by atomic mass is 10.1. The van der Waals surface area contributed by atoms with Crippen molar-refractivity contribution >= 4 is 44.1 Å². The van der Waals surface area contributed by atoms with Crippen LogP contribution in [-0.4, -0.2) is 54.4 Å². The van der Waals surface area contributed by atoms with Gasteiger partial charge in [-0.25, -0.2) is 8.42 Å². The van der Waals surface area contributed by atoms with E-state index in [1.807, 2.05) is 12.1 Å². The highest BCUT2D eigenvalue weighted by atomic mass is 32.2. The minimum atomic E-state index is -3.57. The van der Waals surface area contributed by atoms with Crippen LogP contribution in [0.1, 0.15) is 20.3 Å². The number of aromatic amines is 1. The molecule has 10 heteroatoms. The molecule has 1 fully saturated rings. The van der Waals surface area contributed by atoms with Gasteiger partial charge in [-0.05, 0) is 30.3 Å². The van der Waals surface area contributed by atoms with Gasteiger partial charge in [-0.1, -0.05) is 26.0 Å². The van der Waals surface area contributed by atoms with E-state index in [1.165, 1.54) is 21.3 Å². The molecule has 9 nitrogen and oxygen atoms in total. The topological polar surface area (TPSA) is 115 Å². The van der Waals surface area contributed by atoms with Gasteiger partial charge in [0.05, 0.1) is 28.2 Å². The highest BCUT2D eigenvalue weighted by molar-refractivity contribution is 7.89. The van der Waals surface area contributed by atoms with Crippen LogP contribution >= 0.6 is 0 Å². The molecule has 1 aliphatic rings. The number of carbonyl (C=O) groups excluding carboxylic acids is 2. The van der Waals surface area contributed by atoms with Crippen molar-refractivity contribution in [2.75, 3.05) is 29.9 Å². The first-order chi connectivity index (χ1) is 15.3. The number of nitrogens with zero attached hydrogens (tertiary/aromatic N) is 3. The average Bonchev–Trinajstić information content (AvgIpc) is 3.42. The summed E-state index contributed by atoms with van der Waals surface area (Å²) in [5.74, 6) is -0.937. The number of para-hydroxylation sites is 1. The van der Waals surface area contributed by atoms with Gasteiger partial charge in [0.15, 0.2) is 0 Å². The highest BCUT2D eigenvalue weighted by Crippen LogP contribution is 2.28. The Hall–Kier alpha value is -3.24. The Morgan fingerprint density at radius 3 is 2.59 bits per heavy atom. The lowest BCUT2D eigenvalue weighted by Gasteiger charge is -2.20. The molecule has 2 aromatic carbocycles. The first-order valence-corrected chi connectivity index (χ1v) is 11.9. The molecule has 0 radical (unpaired) electrons. The van der Waals surface area contributed by atoms with Gasteiger partial charge < -0.3 is 10.2 Å². The molecule has 2 amide bonds. The average molecular weight is 456 g/mol. The smallest absolute Gasteiger partial charge is 0.243 e. The molecule has 0 aliphatic carbocycles. The van der Waals surface area contributed by atoms with Gasteiger partial charge >= 0.3 is 0 Å². The standard InChI is InChI=1S/C22H25N5O4S/c1-3-26(4-2)32(30,31)18-10-8-17(9-11-18)27-14-16(12-20(27)28)22(29)24-19-7-5-6-15-13-23-25-21(15)19/h5-11,13,16H,3-4,12,14H2,1-2H3,(H,23,25)(H,24,29). The fraction of sp³-hybridized carbons (Fsp3) is 0.318. The number of hydrogen-bond donors (Lipinski definition) is 2. The zero-order valence-corrected chi connectivity index (χ0v) is 18.7. The zero-order valence-electron chi connectivity index (χ0n) is 17.9. The molecule has 0 spiro atoms. The number of anilines is 2. The second-order valence-electron chi connectivity index (χ2n) is 7.62. The summed E-state index contributed by atoms with van der Waals surface area (Å²) in [7, 11) is -3.57. The first-order valence-electron chi connectivity index (χ1n) is 10.5. The van der Waals surface area contributed by atoms with Gasteiger partial charge in [0.25, 0.3) is 0 Å². The molecule has 4 rings (SSSR count). The Bertz CT molecular complexity index is 1250. The van der Waals surface area contributed by atoms with Gasteiger partial charge in [-0.15, -0.1) is 0 Å². The van der Waals surface area contributed by atoms with Crippen LogP contribution in [0.3, 0.4) is 0 Å². The number of benzene rings is 2. The molecule has 1 saturated heterocycles. The van der Waals surface area contributed by atoms with Crippen molar-refractivity contribution in [1.29, 1.82) is 0 Å². The number of nitrogens with one attached hydrogen (secondary N) is 2. The van der Waals surface area contributed by atoms with Crippen molar-refractivity contribution in [3.8, 4) is 0 Å². The molecule has 0 bridgehead atoms. The SMILES string of the molecule is CCN(CC)S(=O)(=O)c1ccc(N2CC(C(=O)Nc3cccc4cn[nH]c34)CC2=O)cc1. The van der Waals surface area contributed by atoms with Crippen LogP contribution in [0.5, 0.6) is 0 Å². The third kappa shape index (κ3) is 3.98. The van der Waals surface area contributed by atoms with Crippen molar-refractivity contribution in [3.63, 3.8) is 0 Å². The van der Waals surface area contributed by atoms with E-state index < -0.39 is 15.9 Å².